The lowest BCUT2D eigenvalue weighted by Crippen LogP contribution is -2.40. The molecule has 0 aromatic heterocycles. The van der Waals surface area contributed by atoms with Gasteiger partial charge in [0.2, 0.25) is 0 Å². The van der Waals surface area contributed by atoms with E-state index in [1.54, 1.807) is 11.8 Å². The number of benzene rings is 1. The van der Waals surface area contributed by atoms with E-state index in [1.165, 1.54) is 0 Å². The van der Waals surface area contributed by atoms with Crippen molar-refractivity contribution in [1.29, 1.82) is 0 Å². The van der Waals surface area contributed by atoms with E-state index >= 15 is 0 Å². The first kappa shape index (κ1) is 8.60. The Balaban J connectivity index is 2.39. The van der Waals surface area contributed by atoms with Gasteiger partial charge < -0.3 is 5.11 Å². The van der Waals surface area contributed by atoms with Crippen molar-refractivity contribution in [3.05, 3.63) is 34.3 Å². The summed E-state index contributed by atoms with van der Waals surface area (Å²) >= 11 is 5.21. The second kappa shape index (κ2) is 3.05. The van der Waals surface area contributed by atoms with Gasteiger partial charge in [-0.2, -0.15) is 11.8 Å². The minimum Gasteiger partial charge on any atom is -0.383 e. The lowest BCUT2D eigenvalue weighted by molar-refractivity contribution is 0.0761. The van der Waals surface area contributed by atoms with Crippen molar-refractivity contribution in [1.82, 2.24) is 0 Å². The van der Waals surface area contributed by atoms with Crippen LogP contribution in [0.4, 0.5) is 0 Å². The van der Waals surface area contributed by atoms with Gasteiger partial charge >= 0.3 is 0 Å². The number of hydrogen-bond acceptors (Lipinski definition) is 2. The smallest absolute Gasteiger partial charge is 0.109 e. The van der Waals surface area contributed by atoms with Gasteiger partial charge in [-0.1, -0.05) is 34.1 Å². The predicted molar refractivity (Wildman–Crippen MR) is 55.4 cm³/mol. The Morgan fingerprint density at radius 3 is 2.50 bits per heavy atom. The standard InChI is InChI=1S/C9H9BrOS/c10-8-4-2-1-3-7(8)9(11)5-12-6-9/h1-4,11H,5-6H2. The number of hydrogen-bond donors (Lipinski definition) is 1. The molecular formula is C9H9BrOS. The van der Waals surface area contributed by atoms with Crippen LogP contribution in [0, 0.1) is 0 Å². The highest BCUT2D eigenvalue weighted by Crippen LogP contribution is 2.41. The molecule has 0 atom stereocenters. The molecule has 1 aliphatic heterocycles. The van der Waals surface area contributed by atoms with Crippen molar-refractivity contribution < 1.29 is 5.11 Å². The molecule has 0 spiro atoms. The first-order valence-corrected chi connectivity index (χ1v) is 5.72. The molecule has 12 heavy (non-hydrogen) atoms. The second-order valence-electron chi connectivity index (χ2n) is 3.00. The summed E-state index contributed by atoms with van der Waals surface area (Å²) in [7, 11) is 0. The van der Waals surface area contributed by atoms with Crippen LogP contribution >= 0.6 is 27.7 Å². The highest BCUT2D eigenvalue weighted by atomic mass is 79.9. The molecule has 0 unspecified atom stereocenters. The molecule has 2 rings (SSSR count). The Morgan fingerprint density at radius 1 is 1.33 bits per heavy atom. The fourth-order valence-electron chi connectivity index (χ4n) is 1.29. The van der Waals surface area contributed by atoms with Gasteiger partial charge in [0.25, 0.3) is 0 Å². The van der Waals surface area contributed by atoms with Crippen molar-refractivity contribution in [2.75, 3.05) is 11.5 Å². The van der Waals surface area contributed by atoms with Crippen LogP contribution in [0.2, 0.25) is 0 Å². The summed E-state index contributed by atoms with van der Waals surface area (Å²) in [6.07, 6.45) is 0. The summed E-state index contributed by atoms with van der Waals surface area (Å²) in [5.74, 6) is 1.63. The molecule has 0 saturated carbocycles. The van der Waals surface area contributed by atoms with Gasteiger partial charge in [0.05, 0.1) is 0 Å². The highest BCUT2D eigenvalue weighted by Gasteiger charge is 2.38. The number of aliphatic hydroxyl groups is 1. The zero-order chi connectivity index (χ0) is 8.60. The zero-order valence-electron chi connectivity index (χ0n) is 6.46. The summed E-state index contributed by atoms with van der Waals surface area (Å²) in [4.78, 5) is 0. The molecule has 1 aromatic rings. The van der Waals surface area contributed by atoms with Crippen molar-refractivity contribution in [2.24, 2.45) is 0 Å². The summed E-state index contributed by atoms with van der Waals surface area (Å²) in [5, 5.41) is 10.0. The fourth-order valence-corrected chi connectivity index (χ4v) is 2.85. The monoisotopic (exact) mass is 244 g/mol. The maximum Gasteiger partial charge on any atom is 0.109 e. The van der Waals surface area contributed by atoms with Crippen LogP contribution in [0.5, 0.6) is 0 Å². The van der Waals surface area contributed by atoms with E-state index in [0.29, 0.717) is 0 Å². The minimum absolute atomic E-state index is 0.579. The van der Waals surface area contributed by atoms with Crippen LogP contribution in [-0.2, 0) is 5.60 Å². The largest absolute Gasteiger partial charge is 0.383 e. The van der Waals surface area contributed by atoms with Gasteiger partial charge in [0.15, 0.2) is 0 Å². The maximum absolute atomic E-state index is 10.0. The van der Waals surface area contributed by atoms with E-state index in [2.05, 4.69) is 15.9 Å². The van der Waals surface area contributed by atoms with Crippen LogP contribution in [-0.4, -0.2) is 16.6 Å². The van der Waals surface area contributed by atoms with E-state index in [0.717, 1.165) is 21.5 Å². The van der Waals surface area contributed by atoms with Crippen molar-refractivity contribution >= 4 is 27.7 Å². The summed E-state index contributed by atoms with van der Waals surface area (Å²) in [6.45, 7) is 0. The quantitative estimate of drug-likeness (QED) is 0.819. The molecule has 1 saturated heterocycles. The number of thioether (sulfide) groups is 1. The summed E-state index contributed by atoms with van der Waals surface area (Å²) in [5.41, 5.74) is 0.439. The van der Waals surface area contributed by atoms with Gasteiger partial charge in [0, 0.05) is 16.0 Å². The average Bonchev–Trinajstić information content (AvgIpc) is 2.01. The first-order valence-electron chi connectivity index (χ1n) is 3.77. The molecule has 1 nitrogen and oxygen atoms in total. The first-order chi connectivity index (χ1) is 5.72. The molecule has 0 radical (unpaired) electrons. The van der Waals surface area contributed by atoms with Crippen molar-refractivity contribution in [2.45, 2.75) is 5.60 Å². The van der Waals surface area contributed by atoms with Gasteiger partial charge in [-0.25, -0.2) is 0 Å². The van der Waals surface area contributed by atoms with E-state index < -0.39 is 5.60 Å². The Labute approximate surface area is 84.3 Å². The van der Waals surface area contributed by atoms with Crippen LogP contribution in [0.1, 0.15) is 5.56 Å². The lowest BCUT2D eigenvalue weighted by atomic mass is 9.97. The van der Waals surface area contributed by atoms with Gasteiger partial charge in [-0.3, -0.25) is 0 Å². The third-order valence-corrected chi connectivity index (χ3v) is 4.11. The lowest BCUT2D eigenvalue weighted by Gasteiger charge is -2.36. The van der Waals surface area contributed by atoms with Crippen LogP contribution in [0.3, 0.4) is 0 Å². The molecule has 0 aliphatic carbocycles. The molecule has 3 heteroatoms. The molecule has 1 aliphatic rings. The molecule has 1 fully saturated rings. The normalized spacial score (nSPS) is 20.2. The molecule has 1 heterocycles. The molecule has 0 amide bonds. The van der Waals surface area contributed by atoms with Crippen LogP contribution in [0.25, 0.3) is 0 Å². The third-order valence-electron chi connectivity index (χ3n) is 2.06. The Bertz CT molecular complexity index is 296. The van der Waals surface area contributed by atoms with Gasteiger partial charge in [0.1, 0.15) is 5.60 Å². The van der Waals surface area contributed by atoms with Gasteiger partial charge in [-0.05, 0) is 11.6 Å². The van der Waals surface area contributed by atoms with Crippen molar-refractivity contribution in [3.63, 3.8) is 0 Å². The predicted octanol–water partition coefficient (Wildman–Crippen LogP) is 2.38. The number of halogens is 1. The molecule has 0 bridgehead atoms. The van der Waals surface area contributed by atoms with E-state index in [1.807, 2.05) is 24.3 Å². The molecular weight excluding hydrogens is 236 g/mol. The average molecular weight is 245 g/mol. The highest BCUT2D eigenvalue weighted by molar-refractivity contribution is 9.10. The molecule has 1 N–H and O–H groups in total. The van der Waals surface area contributed by atoms with Crippen LogP contribution in [0.15, 0.2) is 28.7 Å². The van der Waals surface area contributed by atoms with Gasteiger partial charge in [-0.15, -0.1) is 0 Å². The number of rotatable bonds is 1. The van der Waals surface area contributed by atoms with Crippen molar-refractivity contribution in [3.8, 4) is 0 Å². The van der Waals surface area contributed by atoms with E-state index in [-0.39, 0.29) is 0 Å². The molecule has 64 valence electrons. The zero-order valence-corrected chi connectivity index (χ0v) is 8.86. The topological polar surface area (TPSA) is 20.2 Å². The second-order valence-corrected chi connectivity index (χ2v) is 4.84. The SMILES string of the molecule is OC1(c2ccccc2Br)CSC1. The fraction of sp³-hybridized carbons (Fsp3) is 0.333. The molecule has 1 aromatic carbocycles. The van der Waals surface area contributed by atoms with Crippen LogP contribution < -0.4 is 0 Å². The summed E-state index contributed by atoms with van der Waals surface area (Å²) in [6, 6.07) is 7.86. The van der Waals surface area contributed by atoms with E-state index in [4.69, 9.17) is 0 Å². The Morgan fingerprint density at radius 2 is 2.00 bits per heavy atom. The third kappa shape index (κ3) is 1.30. The Kier molecular flexibility index (Phi) is 2.19. The summed E-state index contributed by atoms with van der Waals surface area (Å²) < 4.78 is 1.01. The minimum atomic E-state index is -0.579. The maximum atomic E-state index is 10.0. The van der Waals surface area contributed by atoms with E-state index in [9.17, 15) is 5.11 Å². The Hall–Kier alpha value is 0.01000.